The Bertz CT molecular complexity index is 343. The average Bonchev–Trinajstić information content (AvgIpc) is 2.64. The number of likely N-dealkylation sites (N-methyl/N-ethyl adjacent to an activating group) is 1. The van der Waals surface area contributed by atoms with Crippen molar-refractivity contribution in [2.24, 2.45) is 5.73 Å². The summed E-state index contributed by atoms with van der Waals surface area (Å²) in [6.45, 7) is 1.47. The third-order valence-corrected chi connectivity index (χ3v) is 3.15. The van der Waals surface area contributed by atoms with Crippen LogP contribution in [0.5, 0.6) is 0 Å². The van der Waals surface area contributed by atoms with Gasteiger partial charge in [0.15, 0.2) is 0 Å². The fraction of sp³-hybridized carbons (Fsp3) is 0.500. The molecular weight excluding hydrogens is 248 g/mol. The zero-order valence-corrected chi connectivity index (χ0v) is 10.7. The van der Waals surface area contributed by atoms with Crippen LogP contribution in [-0.4, -0.2) is 37.6 Å². The topological polar surface area (TPSA) is 55.6 Å². The molecule has 0 saturated heterocycles. The van der Waals surface area contributed by atoms with Crippen LogP contribution in [0, 0.1) is 0 Å². The highest BCUT2D eigenvalue weighted by Crippen LogP contribution is 2.22. The van der Waals surface area contributed by atoms with Crippen molar-refractivity contribution in [3.05, 3.63) is 21.3 Å². The van der Waals surface area contributed by atoms with Crippen molar-refractivity contribution in [1.29, 1.82) is 0 Å². The summed E-state index contributed by atoms with van der Waals surface area (Å²) in [5, 5.41) is 0. The van der Waals surface area contributed by atoms with Gasteiger partial charge in [0.05, 0.1) is 17.5 Å². The largest absolute Gasteiger partial charge is 0.370 e. The van der Waals surface area contributed by atoms with Crippen LogP contribution in [0.1, 0.15) is 4.88 Å². The lowest BCUT2D eigenvalue weighted by Crippen LogP contribution is -2.30. The third-order valence-electron chi connectivity index (χ3n) is 1.94. The van der Waals surface area contributed by atoms with Crippen molar-refractivity contribution in [2.75, 3.05) is 26.8 Å². The quantitative estimate of drug-likeness (QED) is 0.787. The number of hydrogen-bond acceptors (Lipinski definition) is 4. The van der Waals surface area contributed by atoms with Crippen LogP contribution in [0.2, 0.25) is 4.34 Å². The summed E-state index contributed by atoms with van der Waals surface area (Å²) in [6, 6.07) is 3.74. The number of halogens is 1. The number of amides is 1. The molecule has 0 radical (unpaired) electrons. The third kappa shape index (κ3) is 4.49. The molecule has 6 heteroatoms. The van der Waals surface area contributed by atoms with E-state index in [1.165, 1.54) is 11.3 Å². The van der Waals surface area contributed by atoms with E-state index in [4.69, 9.17) is 22.1 Å². The van der Waals surface area contributed by atoms with E-state index in [-0.39, 0.29) is 12.5 Å². The van der Waals surface area contributed by atoms with Crippen LogP contribution in [-0.2, 0) is 16.1 Å². The predicted molar refractivity (Wildman–Crippen MR) is 65.7 cm³/mol. The molecule has 2 N–H and O–H groups in total. The number of nitrogens with two attached hydrogens (primary N) is 1. The summed E-state index contributed by atoms with van der Waals surface area (Å²) in [5.41, 5.74) is 5.25. The van der Waals surface area contributed by atoms with Crippen LogP contribution < -0.4 is 5.73 Å². The Kier molecular flexibility index (Phi) is 5.76. The standard InChI is InChI=1S/C10H15ClN2O2S/c1-13(10(14)7-15-5-4-12)6-8-2-3-9(11)16-8/h2-3H,4-7,12H2,1H3. The van der Waals surface area contributed by atoms with Crippen molar-refractivity contribution in [2.45, 2.75) is 6.54 Å². The molecule has 0 saturated carbocycles. The van der Waals surface area contributed by atoms with Crippen molar-refractivity contribution < 1.29 is 9.53 Å². The first-order chi connectivity index (χ1) is 7.63. The van der Waals surface area contributed by atoms with Crippen LogP contribution in [0.3, 0.4) is 0 Å². The molecule has 1 rings (SSSR count). The lowest BCUT2D eigenvalue weighted by Gasteiger charge is -2.15. The Balaban J connectivity index is 2.34. The second-order valence-corrected chi connectivity index (χ2v) is 5.10. The lowest BCUT2D eigenvalue weighted by atomic mass is 10.4. The Morgan fingerprint density at radius 1 is 1.62 bits per heavy atom. The summed E-state index contributed by atoms with van der Waals surface area (Å²) < 4.78 is 5.80. The Morgan fingerprint density at radius 2 is 2.38 bits per heavy atom. The van der Waals surface area contributed by atoms with Crippen LogP contribution in [0.25, 0.3) is 0 Å². The predicted octanol–water partition coefficient (Wildman–Crippen LogP) is 1.34. The Labute approximate surface area is 104 Å². The molecule has 0 atom stereocenters. The number of rotatable bonds is 6. The molecule has 1 aromatic heterocycles. The lowest BCUT2D eigenvalue weighted by molar-refractivity contribution is -0.135. The fourth-order valence-corrected chi connectivity index (χ4v) is 2.25. The monoisotopic (exact) mass is 262 g/mol. The molecule has 1 amide bonds. The zero-order chi connectivity index (χ0) is 12.0. The van der Waals surface area contributed by atoms with E-state index in [1.807, 2.05) is 12.1 Å². The Morgan fingerprint density at radius 3 is 2.94 bits per heavy atom. The minimum atomic E-state index is -0.0574. The van der Waals surface area contributed by atoms with Crippen molar-refractivity contribution >= 4 is 28.8 Å². The van der Waals surface area contributed by atoms with Gasteiger partial charge in [0.2, 0.25) is 5.91 Å². The van der Waals surface area contributed by atoms with Crippen LogP contribution in [0.15, 0.2) is 12.1 Å². The number of ether oxygens (including phenoxy) is 1. The molecule has 4 nitrogen and oxygen atoms in total. The molecule has 1 heterocycles. The van der Waals surface area contributed by atoms with Gasteiger partial charge < -0.3 is 15.4 Å². The van der Waals surface area contributed by atoms with Crippen molar-refractivity contribution in [3.8, 4) is 0 Å². The van der Waals surface area contributed by atoms with E-state index in [0.717, 1.165) is 9.21 Å². The van der Waals surface area contributed by atoms with Gasteiger partial charge in [-0.25, -0.2) is 0 Å². The molecule has 16 heavy (non-hydrogen) atoms. The van der Waals surface area contributed by atoms with Crippen molar-refractivity contribution in [1.82, 2.24) is 4.90 Å². The average molecular weight is 263 g/mol. The summed E-state index contributed by atoms with van der Waals surface area (Å²) in [4.78, 5) is 14.2. The van der Waals surface area contributed by atoms with E-state index in [1.54, 1.807) is 11.9 Å². The molecule has 0 aliphatic rings. The van der Waals surface area contributed by atoms with Crippen molar-refractivity contribution in [3.63, 3.8) is 0 Å². The van der Waals surface area contributed by atoms with Crippen LogP contribution in [0.4, 0.5) is 0 Å². The van der Waals surface area contributed by atoms with Gasteiger partial charge in [0.25, 0.3) is 0 Å². The maximum absolute atomic E-state index is 11.6. The number of thiophene rings is 1. The summed E-state index contributed by atoms with van der Waals surface area (Å²) in [6.07, 6.45) is 0. The summed E-state index contributed by atoms with van der Waals surface area (Å²) >= 11 is 7.27. The minimum Gasteiger partial charge on any atom is -0.370 e. The fourth-order valence-electron chi connectivity index (χ4n) is 1.11. The SMILES string of the molecule is CN(Cc1ccc(Cl)s1)C(=O)COCCN. The molecule has 0 aromatic carbocycles. The number of nitrogens with zero attached hydrogens (tertiary/aromatic N) is 1. The molecule has 1 aromatic rings. The normalized spacial score (nSPS) is 10.4. The highest BCUT2D eigenvalue weighted by atomic mass is 35.5. The molecule has 0 aliphatic carbocycles. The minimum absolute atomic E-state index is 0.0574. The number of carbonyl (C=O) groups excluding carboxylic acids is 1. The molecule has 0 unspecified atom stereocenters. The molecule has 0 fully saturated rings. The van der Waals surface area contributed by atoms with E-state index in [2.05, 4.69) is 0 Å². The number of hydrogen-bond donors (Lipinski definition) is 1. The Hall–Kier alpha value is -0.620. The first-order valence-corrected chi connectivity index (χ1v) is 6.09. The second kappa shape index (κ2) is 6.85. The molecule has 0 aliphatic heterocycles. The maximum Gasteiger partial charge on any atom is 0.248 e. The summed E-state index contributed by atoms with van der Waals surface area (Å²) in [5.74, 6) is -0.0574. The van der Waals surface area contributed by atoms with Gasteiger partial charge in [-0.05, 0) is 12.1 Å². The van der Waals surface area contributed by atoms with Crippen LogP contribution >= 0.6 is 22.9 Å². The highest BCUT2D eigenvalue weighted by Gasteiger charge is 2.10. The van der Waals surface area contributed by atoms with Gasteiger partial charge in [-0.1, -0.05) is 11.6 Å². The van der Waals surface area contributed by atoms with Gasteiger partial charge in [0.1, 0.15) is 6.61 Å². The molecular formula is C10H15ClN2O2S. The molecule has 90 valence electrons. The number of carbonyl (C=O) groups is 1. The van der Waals surface area contributed by atoms with Gasteiger partial charge in [-0.15, -0.1) is 11.3 Å². The maximum atomic E-state index is 11.6. The summed E-state index contributed by atoms with van der Waals surface area (Å²) in [7, 11) is 1.74. The van der Waals surface area contributed by atoms with E-state index >= 15 is 0 Å². The molecule has 0 spiro atoms. The first-order valence-electron chi connectivity index (χ1n) is 4.89. The van der Waals surface area contributed by atoms with Gasteiger partial charge in [-0.2, -0.15) is 0 Å². The first kappa shape index (κ1) is 13.4. The van der Waals surface area contributed by atoms with Gasteiger partial charge >= 0.3 is 0 Å². The smallest absolute Gasteiger partial charge is 0.248 e. The van der Waals surface area contributed by atoms with E-state index in [9.17, 15) is 4.79 Å². The van der Waals surface area contributed by atoms with Gasteiger partial charge in [-0.3, -0.25) is 4.79 Å². The van der Waals surface area contributed by atoms with E-state index in [0.29, 0.717) is 19.7 Å². The van der Waals surface area contributed by atoms with Gasteiger partial charge in [0, 0.05) is 18.5 Å². The molecule has 0 bridgehead atoms. The zero-order valence-electron chi connectivity index (χ0n) is 9.11. The highest BCUT2D eigenvalue weighted by molar-refractivity contribution is 7.16. The second-order valence-electron chi connectivity index (χ2n) is 3.30. The van der Waals surface area contributed by atoms with E-state index < -0.39 is 0 Å².